The molecule has 25 heavy (non-hydrogen) atoms. The molecule has 0 fully saturated rings. The Morgan fingerprint density at radius 3 is 2.72 bits per heavy atom. The molecule has 0 saturated heterocycles. The average Bonchev–Trinajstić information content (AvgIpc) is 2.67. The normalized spacial score (nSPS) is 19.8. The molecule has 2 rings (SSSR count). The second kappa shape index (κ2) is 10.2. The third kappa shape index (κ3) is 6.16. The van der Waals surface area contributed by atoms with Gasteiger partial charge in [-0.1, -0.05) is 42.5 Å². The highest BCUT2D eigenvalue weighted by Crippen LogP contribution is 2.27. The van der Waals surface area contributed by atoms with Gasteiger partial charge in [0.15, 0.2) is 0 Å². The van der Waals surface area contributed by atoms with E-state index < -0.39 is 11.9 Å². The number of methoxy groups -OCH3 is 1. The summed E-state index contributed by atoms with van der Waals surface area (Å²) in [5.41, 5.74) is 0.631. The molecule has 0 saturated carbocycles. The van der Waals surface area contributed by atoms with Crippen molar-refractivity contribution in [1.82, 2.24) is 0 Å². The molecule has 0 aromatic heterocycles. The van der Waals surface area contributed by atoms with Crippen molar-refractivity contribution in [3.8, 4) is 0 Å². The Labute approximate surface area is 150 Å². The zero-order valence-corrected chi connectivity index (χ0v) is 15.1. The predicted octanol–water partition coefficient (Wildman–Crippen LogP) is 4.39. The summed E-state index contributed by atoms with van der Waals surface area (Å²) in [5, 5.41) is 0. The zero-order chi connectivity index (χ0) is 18.0. The highest BCUT2D eigenvalue weighted by Gasteiger charge is 2.36. The Balaban J connectivity index is 2.00. The minimum atomic E-state index is -0.497. The second-order valence-electron chi connectivity index (χ2n) is 6.19. The SMILES string of the molecule is C=CCC[C@@](C)(OC)C(COCc1ccccc1)O[C@@H]1C=CC=CO1. The van der Waals surface area contributed by atoms with Crippen molar-refractivity contribution in [3.63, 3.8) is 0 Å². The van der Waals surface area contributed by atoms with Crippen LogP contribution in [0.3, 0.4) is 0 Å². The summed E-state index contributed by atoms with van der Waals surface area (Å²) in [6.45, 7) is 6.78. The molecule has 4 nitrogen and oxygen atoms in total. The van der Waals surface area contributed by atoms with Gasteiger partial charge in [0.05, 0.1) is 25.1 Å². The van der Waals surface area contributed by atoms with Gasteiger partial charge in [-0.3, -0.25) is 0 Å². The van der Waals surface area contributed by atoms with Crippen LogP contribution in [0.15, 0.2) is 67.5 Å². The Hall–Kier alpha value is -1.88. The molecule has 1 heterocycles. The molecule has 1 aromatic carbocycles. The van der Waals surface area contributed by atoms with Crippen molar-refractivity contribution in [3.05, 3.63) is 73.0 Å². The lowest BCUT2D eigenvalue weighted by molar-refractivity contribution is -0.203. The summed E-state index contributed by atoms with van der Waals surface area (Å²) in [6, 6.07) is 10.1. The van der Waals surface area contributed by atoms with Crippen LogP contribution in [0.5, 0.6) is 0 Å². The van der Waals surface area contributed by atoms with Crippen molar-refractivity contribution >= 4 is 0 Å². The largest absolute Gasteiger partial charge is 0.469 e. The first-order valence-corrected chi connectivity index (χ1v) is 8.60. The number of hydrogen-bond acceptors (Lipinski definition) is 4. The van der Waals surface area contributed by atoms with Crippen LogP contribution in [0.1, 0.15) is 25.3 Å². The van der Waals surface area contributed by atoms with E-state index in [4.69, 9.17) is 18.9 Å². The Bertz CT molecular complexity index is 567. The molecule has 0 spiro atoms. The van der Waals surface area contributed by atoms with E-state index in [9.17, 15) is 0 Å². The van der Waals surface area contributed by atoms with Gasteiger partial charge in [0.2, 0.25) is 6.29 Å². The molecule has 1 aromatic rings. The summed E-state index contributed by atoms with van der Waals surface area (Å²) in [7, 11) is 1.70. The smallest absolute Gasteiger partial charge is 0.219 e. The molecule has 0 radical (unpaired) electrons. The van der Waals surface area contributed by atoms with E-state index in [1.165, 1.54) is 0 Å². The highest BCUT2D eigenvalue weighted by atomic mass is 16.7. The fraction of sp³-hybridized carbons (Fsp3) is 0.429. The third-order valence-corrected chi connectivity index (χ3v) is 4.34. The van der Waals surface area contributed by atoms with Gasteiger partial charge in [0.1, 0.15) is 6.10 Å². The first-order chi connectivity index (χ1) is 12.2. The van der Waals surface area contributed by atoms with Gasteiger partial charge in [-0.15, -0.1) is 6.58 Å². The molecule has 1 aliphatic rings. The average molecular weight is 344 g/mol. The molecule has 1 aliphatic heterocycles. The molecule has 4 heteroatoms. The Morgan fingerprint density at radius 2 is 2.08 bits per heavy atom. The lowest BCUT2D eigenvalue weighted by Gasteiger charge is -2.37. The van der Waals surface area contributed by atoms with Crippen LogP contribution in [0.2, 0.25) is 0 Å². The Morgan fingerprint density at radius 1 is 1.28 bits per heavy atom. The maximum Gasteiger partial charge on any atom is 0.219 e. The van der Waals surface area contributed by atoms with Crippen molar-refractivity contribution in [2.24, 2.45) is 0 Å². The summed E-state index contributed by atoms with van der Waals surface area (Å²) >= 11 is 0. The summed E-state index contributed by atoms with van der Waals surface area (Å²) in [5.74, 6) is 0. The topological polar surface area (TPSA) is 36.9 Å². The van der Waals surface area contributed by atoms with E-state index in [1.54, 1.807) is 13.4 Å². The number of benzene rings is 1. The molecular weight excluding hydrogens is 316 g/mol. The minimum absolute atomic E-state index is 0.276. The molecule has 0 aliphatic carbocycles. The van der Waals surface area contributed by atoms with Crippen LogP contribution < -0.4 is 0 Å². The standard InChI is InChI=1S/C21H28O4/c1-4-5-14-21(2,22-3)19(25-20-13-9-10-15-24-20)17-23-16-18-11-7-6-8-12-18/h4,6-13,15,19-20H,1,5,14,16-17H2,2-3H3/t19?,20-,21-/m1/s1. The van der Waals surface area contributed by atoms with Crippen molar-refractivity contribution in [2.45, 2.75) is 44.4 Å². The minimum Gasteiger partial charge on any atom is -0.469 e. The molecular formula is C21H28O4. The fourth-order valence-electron chi connectivity index (χ4n) is 2.61. The quantitative estimate of drug-likeness (QED) is 0.558. The van der Waals surface area contributed by atoms with Crippen molar-refractivity contribution < 1.29 is 18.9 Å². The molecule has 0 N–H and O–H groups in total. The lowest BCUT2D eigenvalue weighted by Crippen LogP contribution is -2.47. The van der Waals surface area contributed by atoms with Crippen molar-refractivity contribution in [2.75, 3.05) is 13.7 Å². The van der Waals surface area contributed by atoms with Crippen LogP contribution in [-0.2, 0) is 25.6 Å². The zero-order valence-electron chi connectivity index (χ0n) is 15.1. The number of rotatable bonds is 11. The summed E-state index contributed by atoms with van der Waals surface area (Å²) in [4.78, 5) is 0. The van der Waals surface area contributed by atoms with Crippen LogP contribution in [0.4, 0.5) is 0 Å². The van der Waals surface area contributed by atoms with E-state index in [-0.39, 0.29) is 6.10 Å². The second-order valence-corrected chi connectivity index (χ2v) is 6.19. The molecule has 1 unspecified atom stereocenters. The molecule has 3 atom stereocenters. The van der Waals surface area contributed by atoms with Gasteiger partial charge in [-0.2, -0.15) is 0 Å². The fourth-order valence-corrected chi connectivity index (χ4v) is 2.61. The van der Waals surface area contributed by atoms with Crippen LogP contribution >= 0.6 is 0 Å². The van der Waals surface area contributed by atoms with E-state index in [2.05, 4.69) is 6.58 Å². The van der Waals surface area contributed by atoms with Gasteiger partial charge >= 0.3 is 0 Å². The monoisotopic (exact) mass is 344 g/mol. The van der Waals surface area contributed by atoms with Gasteiger partial charge in [-0.05, 0) is 37.5 Å². The first-order valence-electron chi connectivity index (χ1n) is 8.60. The predicted molar refractivity (Wildman–Crippen MR) is 99.0 cm³/mol. The van der Waals surface area contributed by atoms with Crippen LogP contribution in [0.25, 0.3) is 0 Å². The molecule has 0 bridgehead atoms. The molecule has 0 amide bonds. The van der Waals surface area contributed by atoms with E-state index >= 15 is 0 Å². The third-order valence-electron chi connectivity index (χ3n) is 4.34. The summed E-state index contributed by atoms with van der Waals surface area (Å²) < 4.78 is 23.4. The Kier molecular flexibility index (Phi) is 7.92. The highest BCUT2D eigenvalue weighted by molar-refractivity contribution is 5.13. The first kappa shape index (κ1) is 19.4. The van der Waals surface area contributed by atoms with E-state index in [1.807, 2.05) is 61.6 Å². The van der Waals surface area contributed by atoms with Crippen molar-refractivity contribution in [1.29, 1.82) is 0 Å². The van der Waals surface area contributed by atoms with Crippen LogP contribution in [-0.4, -0.2) is 31.7 Å². The van der Waals surface area contributed by atoms with E-state index in [0.717, 1.165) is 18.4 Å². The number of allylic oxidation sites excluding steroid dienone is 3. The van der Waals surface area contributed by atoms with Crippen LogP contribution in [0, 0.1) is 0 Å². The van der Waals surface area contributed by atoms with Gasteiger partial charge in [-0.25, -0.2) is 0 Å². The van der Waals surface area contributed by atoms with Gasteiger partial charge in [0, 0.05) is 7.11 Å². The van der Waals surface area contributed by atoms with Gasteiger partial charge in [0.25, 0.3) is 0 Å². The maximum atomic E-state index is 6.14. The molecule has 136 valence electrons. The van der Waals surface area contributed by atoms with E-state index in [0.29, 0.717) is 13.2 Å². The summed E-state index contributed by atoms with van der Waals surface area (Å²) in [6.07, 6.45) is 10.0. The lowest BCUT2D eigenvalue weighted by atomic mass is 9.93. The number of ether oxygens (including phenoxy) is 4. The number of hydrogen-bond donors (Lipinski definition) is 0. The maximum absolute atomic E-state index is 6.14. The van der Waals surface area contributed by atoms with Gasteiger partial charge < -0.3 is 18.9 Å².